The summed E-state index contributed by atoms with van der Waals surface area (Å²) in [6.07, 6.45) is 1.58. The molecule has 2 aliphatic rings. The van der Waals surface area contributed by atoms with Crippen molar-refractivity contribution in [2.24, 2.45) is 5.92 Å². The topological polar surface area (TPSA) is 140 Å². The molecule has 3 N–H and O–H groups in total. The van der Waals surface area contributed by atoms with Gasteiger partial charge in [0.2, 0.25) is 17.2 Å². The van der Waals surface area contributed by atoms with Gasteiger partial charge in [0.15, 0.2) is 5.75 Å². The van der Waals surface area contributed by atoms with E-state index in [2.05, 4.69) is 10.6 Å². The highest BCUT2D eigenvalue weighted by molar-refractivity contribution is 6.36. The van der Waals surface area contributed by atoms with Gasteiger partial charge >= 0.3 is 5.97 Å². The maximum absolute atomic E-state index is 13.6. The van der Waals surface area contributed by atoms with E-state index in [1.54, 1.807) is 19.1 Å². The van der Waals surface area contributed by atoms with Gasteiger partial charge in [0.25, 0.3) is 5.91 Å². The summed E-state index contributed by atoms with van der Waals surface area (Å²) in [4.78, 5) is 49.8. The third-order valence-corrected chi connectivity index (χ3v) is 6.50. The van der Waals surface area contributed by atoms with Gasteiger partial charge in [-0.3, -0.25) is 19.2 Å². The predicted molar refractivity (Wildman–Crippen MR) is 129 cm³/mol. The molecule has 2 aromatic carbocycles. The summed E-state index contributed by atoms with van der Waals surface area (Å²) in [5, 5.41) is 14.2. The fourth-order valence-electron chi connectivity index (χ4n) is 4.40. The average molecular weight is 515 g/mol. The lowest BCUT2D eigenvalue weighted by Crippen LogP contribution is -2.55. The fraction of sp³-hybridized carbons (Fsp3) is 0.280. The largest absolute Gasteiger partial charge is 0.496 e. The number of ketones is 2. The van der Waals surface area contributed by atoms with Gasteiger partial charge in [-0.05, 0) is 24.6 Å². The molecular weight excluding hydrogens is 492 g/mol. The zero-order valence-electron chi connectivity index (χ0n) is 19.6. The van der Waals surface area contributed by atoms with Crippen molar-refractivity contribution in [3.63, 3.8) is 0 Å². The number of aliphatic carboxylic acids is 1. The number of hydrogen-bond donors (Lipinski definition) is 3. The maximum Gasteiger partial charge on any atom is 0.322 e. The van der Waals surface area contributed by atoms with E-state index >= 15 is 0 Å². The lowest BCUT2D eigenvalue weighted by atomic mass is 9.74. The van der Waals surface area contributed by atoms with Crippen molar-refractivity contribution >= 4 is 40.7 Å². The van der Waals surface area contributed by atoms with Crippen LogP contribution < -0.4 is 24.8 Å². The number of methoxy groups -OCH3 is 2. The van der Waals surface area contributed by atoms with Crippen LogP contribution in [0.3, 0.4) is 0 Å². The Balaban J connectivity index is 1.61. The van der Waals surface area contributed by atoms with Crippen LogP contribution in [0.25, 0.3) is 0 Å². The summed E-state index contributed by atoms with van der Waals surface area (Å²) in [6, 6.07) is 7.85. The van der Waals surface area contributed by atoms with Crippen molar-refractivity contribution in [3.05, 3.63) is 58.3 Å². The van der Waals surface area contributed by atoms with Crippen LogP contribution in [0.1, 0.15) is 34.1 Å². The molecule has 1 aliphatic heterocycles. The van der Waals surface area contributed by atoms with Crippen LogP contribution in [0.15, 0.2) is 42.1 Å². The minimum atomic E-state index is -1.80. The molecule has 2 atom stereocenters. The van der Waals surface area contributed by atoms with E-state index in [1.807, 2.05) is 0 Å². The summed E-state index contributed by atoms with van der Waals surface area (Å²) < 4.78 is 16.6. The monoisotopic (exact) mass is 514 g/mol. The van der Waals surface area contributed by atoms with Crippen molar-refractivity contribution in [2.45, 2.75) is 18.9 Å². The Labute approximate surface area is 211 Å². The van der Waals surface area contributed by atoms with Crippen molar-refractivity contribution in [2.75, 3.05) is 26.1 Å². The molecule has 0 saturated heterocycles. The minimum Gasteiger partial charge on any atom is -0.496 e. The molecule has 11 heteroatoms. The van der Waals surface area contributed by atoms with Crippen LogP contribution in [-0.4, -0.2) is 54.9 Å². The SMILES string of the molecule is COc1cc(OC)c2c(c1Cl)OC1(C(=O)C=C(Nc3cccc(C(=O)NCC(=O)O)c3)CC1C)C2=O. The molecule has 1 aliphatic carbocycles. The molecule has 10 nitrogen and oxygen atoms in total. The van der Waals surface area contributed by atoms with Gasteiger partial charge in [-0.25, -0.2) is 0 Å². The smallest absolute Gasteiger partial charge is 0.322 e. The van der Waals surface area contributed by atoms with Gasteiger partial charge < -0.3 is 30.0 Å². The number of benzene rings is 2. The summed E-state index contributed by atoms with van der Waals surface area (Å²) in [5.41, 5.74) is -0.432. The Morgan fingerprint density at radius 1 is 1.19 bits per heavy atom. The van der Waals surface area contributed by atoms with Gasteiger partial charge in [0, 0.05) is 35.0 Å². The quantitative estimate of drug-likeness (QED) is 0.475. The number of Topliss-reactive ketones (excluding diaryl/α,β-unsaturated/α-hetero) is 1. The molecule has 36 heavy (non-hydrogen) atoms. The lowest BCUT2D eigenvalue weighted by Gasteiger charge is -2.35. The van der Waals surface area contributed by atoms with Crippen molar-refractivity contribution < 1.29 is 38.5 Å². The number of carbonyl (C=O) groups excluding carboxylic acids is 3. The normalized spacial score (nSPS) is 20.3. The van der Waals surface area contributed by atoms with Crippen LogP contribution in [0, 0.1) is 5.92 Å². The number of halogens is 1. The highest BCUT2D eigenvalue weighted by Gasteiger charge is 2.60. The van der Waals surface area contributed by atoms with Gasteiger partial charge in [-0.2, -0.15) is 0 Å². The molecule has 0 aromatic heterocycles. The minimum absolute atomic E-state index is 0.0444. The first-order valence-electron chi connectivity index (χ1n) is 10.9. The first kappa shape index (κ1) is 25.1. The van der Waals surface area contributed by atoms with Crippen LogP contribution in [0.5, 0.6) is 17.2 Å². The molecule has 0 saturated carbocycles. The Morgan fingerprint density at radius 2 is 1.92 bits per heavy atom. The van der Waals surface area contributed by atoms with E-state index in [-0.39, 0.29) is 39.8 Å². The van der Waals surface area contributed by atoms with Crippen molar-refractivity contribution in [1.82, 2.24) is 5.32 Å². The number of fused-ring (bicyclic) bond motifs is 1. The van der Waals surface area contributed by atoms with E-state index in [0.717, 1.165) is 0 Å². The van der Waals surface area contributed by atoms with Crippen molar-refractivity contribution in [1.29, 1.82) is 0 Å². The third-order valence-electron chi connectivity index (χ3n) is 6.14. The van der Waals surface area contributed by atoms with Gasteiger partial charge in [0.1, 0.15) is 28.6 Å². The molecule has 2 unspecified atom stereocenters. The summed E-state index contributed by atoms with van der Waals surface area (Å²) in [7, 11) is 2.81. The number of carboxylic acids is 1. The molecular formula is C25H23ClN2O8. The summed E-state index contributed by atoms with van der Waals surface area (Å²) in [5.74, 6) is -2.90. The first-order chi connectivity index (χ1) is 17.1. The van der Waals surface area contributed by atoms with Gasteiger partial charge in [0.05, 0.1) is 14.2 Å². The highest BCUT2D eigenvalue weighted by atomic mass is 35.5. The molecule has 4 rings (SSSR count). The predicted octanol–water partition coefficient (Wildman–Crippen LogP) is 3.09. The van der Waals surface area contributed by atoms with E-state index in [0.29, 0.717) is 11.4 Å². The number of anilines is 1. The standard InChI is InChI=1S/C25H23ClN2O8/c1-12-7-15(28-14-6-4-5-13(8-14)24(33)27-11-19(30)31)9-18(29)25(12)23(32)20-16(34-2)10-17(35-3)21(26)22(20)36-25/h4-6,8-10,12,28H,7,11H2,1-3H3,(H,27,33)(H,30,31). The zero-order valence-corrected chi connectivity index (χ0v) is 20.4. The van der Waals surface area contributed by atoms with E-state index < -0.39 is 41.5 Å². The molecule has 1 heterocycles. The number of carboxylic acid groups (broad SMARTS) is 1. The molecule has 0 fully saturated rings. The molecule has 1 spiro atoms. The molecule has 0 radical (unpaired) electrons. The first-order valence-corrected chi connectivity index (χ1v) is 11.3. The fourth-order valence-corrected chi connectivity index (χ4v) is 4.66. The number of amides is 1. The second-order valence-electron chi connectivity index (χ2n) is 8.39. The number of allylic oxidation sites excluding steroid dienone is 1. The Morgan fingerprint density at radius 3 is 2.56 bits per heavy atom. The van der Waals surface area contributed by atoms with Crippen LogP contribution >= 0.6 is 11.6 Å². The maximum atomic E-state index is 13.6. The second kappa shape index (κ2) is 9.54. The molecule has 188 valence electrons. The van der Waals surface area contributed by atoms with Crippen molar-refractivity contribution in [3.8, 4) is 17.2 Å². The van der Waals surface area contributed by atoms with Gasteiger partial charge in [-0.1, -0.05) is 24.6 Å². The Kier molecular flexibility index (Phi) is 6.64. The van der Waals surface area contributed by atoms with Gasteiger partial charge in [-0.15, -0.1) is 0 Å². The third kappa shape index (κ3) is 4.13. The second-order valence-corrected chi connectivity index (χ2v) is 8.77. The highest BCUT2D eigenvalue weighted by Crippen LogP contribution is 2.53. The van der Waals surface area contributed by atoms with Crippen LogP contribution in [-0.2, 0) is 9.59 Å². The number of nitrogens with one attached hydrogen (secondary N) is 2. The van der Waals surface area contributed by atoms with E-state index in [4.69, 9.17) is 30.9 Å². The summed E-state index contributed by atoms with van der Waals surface area (Å²) >= 11 is 6.40. The summed E-state index contributed by atoms with van der Waals surface area (Å²) in [6.45, 7) is 1.22. The van der Waals surface area contributed by atoms with E-state index in [1.165, 1.54) is 38.5 Å². The zero-order chi connectivity index (χ0) is 26.2. The van der Waals surface area contributed by atoms with Crippen LogP contribution in [0.4, 0.5) is 5.69 Å². The Hall–Kier alpha value is -4.05. The number of rotatable bonds is 7. The average Bonchev–Trinajstić information content (AvgIpc) is 3.16. The molecule has 0 bridgehead atoms. The number of ether oxygens (including phenoxy) is 3. The van der Waals surface area contributed by atoms with Crippen LogP contribution in [0.2, 0.25) is 5.02 Å². The Bertz CT molecular complexity index is 1320. The number of hydrogen-bond acceptors (Lipinski definition) is 8. The molecule has 1 amide bonds. The molecule has 2 aromatic rings. The van der Waals surface area contributed by atoms with E-state index in [9.17, 15) is 19.2 Å². The lowest BCUT2D eigenvalue weighted by molar-refractivity contribution is -0.135. The number of carbonyl (C=O) groups is 4.